The molecule has 0 saturated carbocycles. The summed E-state index contributed by atoms with van der Waals surface area (Å²) in [5.41, 5.74) is -0.582. The first-order valence-corrected chi connectivity index (χ1v) is 7.60. The van der Waals surface area contributed by atoms with E-state index in [1.165, 1.54) is 6.07 Å². The maximum atomic E-state index is 12.5. The van der Waals surface area contributed by atoms with Crippen molar-refractivity contribution < 1.29 is 18.4 Å². The minimum absolute atomic E-state index is 0.0777. The molecule has 7 nitrogen and oxygen atoms in total. The van der Waals surface area contributed by atoms with Crippen LogP contribution in [-0.4, -0.2) is 41.9 Å². The van der Waals surface area contributed by atoms with Gasteiger partial charge in [0, 0.05) is 23.7 Å². The van der Waals surface area contributed by atoms with Gasteiger partial charge in [0.15, 0.2) is 4.90 Å². The van der Waals surface area contributed by atoms with Crippen molar-refractivity contribution in [1.82, 2.24) is 4.31 Å². The normalized spacial score (nSPS) is 12.1. The molecular weight excluding hydrogens is 308 g/mol. The summed E-state index contributed by atoms with van der Waals surface area (Å²) in [4.78, 5) is 9.75. The molecule has 0 spiro atoms. The first-order valence-electron chi connectivity index (χ1n) is 5.78. The summed E-state index contributed by atoms with van der Waals surface area (Å²) in [6.07, 6.45) is 0. The second-order valence-electron chi connectivity index (χ2n) is 4.30. The molecule has 20 heavy (non-hydrogen) atoms. The van der Waals surface area contributed by atoms with E-state index in [1.54, 1.807) is 13.8 Å². The van der Waals surface area contributed by atoms with Gasteiger partial charge in [-0.1, -0.05) is 11.6 Å². The number of aliphatic hydroxyl groups is 1. The highest BCUT2D eigenvalue weighted by molar-refractivity contribution is 7.89. The van der Waals surface area contributed by atoms with Gasteiger partial charge in [-0.05, 0) is 26.0 Å². The standard InChI is InChI=1S/C11H15ClN2O5S/c1-8(2)13(5-6-15)20(18,19)11-4-3-9(12)7-10(11)14(16)17/h3-4,7-8,15H,5-6H2,1-2H3. The lowest BCUT2D eigenvalue weighted by atomic mass is 10.3. The summed E-state index contributed by atoms with van der Waals surface area (Å²) in [6, 6.07) is 2.93. The van der Waals surface area contributed by atoms with Gasteiger partial charge < -0.3 is 5.11 Å². The fraction of sp³-hybridized carbons (Fsp3) is 0.455. The molecule has 1 aromatic rings. The summed E-state index contributed by atoms with van der Waals surface area (Å²) < 4.78 is 25.9. The zero-order valence-electron chi connectivity index (χ0n) is 11.0. The molecule has 0 fully saturated rings. The van der Waals surface area contributed by atoms with Crippen LogP contribution < -0.4 is 0 Å². The van der Waals surface area contributed by atoms with Gasteiger partial charge in [-0.15, -0.1) is 0 Å². The van der Waals surface area contributed by atoms with Gasteiger partial charge in [0.05, 0.1) is 11.5 Å². The van der Waals surface area contributed by atoms with Crippen LogP contribution in [0.2, 0.25) is 5.02 Å². The van der Waals surface area contributed by atoms with E-state index in [2.05, 4.69) is 0 Å². The molecule has 0 unspecified atom stereocenters. The van der Waals surface area contributed by atoms with Gasteiger partial charge in [-0.2, -0.15) is 4.31 Å². The average molecular weight is 323 g/mol. The quantitative estimate of drug-likeness (QED) is 0.633. The fourth-order valence-electron chi connectivity index (χ4n) is 1.73. The Morgan fingerprint density at radius 3 is 2.50 bits per heavy atom. The number of nitro groups is 1. The van der Waals surface area contributed by atoms with Crippen molar-refractivity contribution in [2.45, 2.75) is 24.8 Å². The minimum atomic E-state index is -4.08. The van der Waals surface area contributed by atoms with E-state index < -0.39 is 31.6 Å². The number of sulfonamides is 1. The number of aliphatic hydroxyl groups excluding tert-OH is 1. The highest BCUT2D eigenvalue weighted by Crippen LogP contribution is 2.30. The first-order chi connectivity index (χ1) is 9.21. The topological polar surface area (TPSA) is 101 Å². The molecule has 0 aromatic heterocycles. The van der Waals surface area contributed by atoms with E-state index >= 15 is 0 Å². The zero-order chi connectivity index (χ0) is 15.5. The third-order valence-corrected chi connectivity index (χ3v) is 4.96. The van der Waals surface area contributed by atoms with Gasteiger partial charge in [0.25, 0.3) is 5.69 Å². The van der Waals surface area contributed by atoms with Crippen molar-refractivity contribution in [2.24, 2.45) is 0 Å². The molecule has 0 aliphatic heterocycles. The number of hydrogen-bond acceptors (Lipinski definition) is 5. The molecule has 0 bridgehead atoms. The molecule has 1 N–H and O–H groups in total. The second kappa shape index (κ2) is 6.49. The number of halogens is 1. The molecular formula is C11H15ClN2O5S. The minimum Gasteiger partial charge on any atom is -0.395 e. The smallest absolute Gasteiger partial charge is 0.290 e. The molecule has 0 amide bonds. The van der Waals surface area contributed by atoms with Gasteiger partial charge >= 0.3 is 0 Å². The van der Waals surface area contributed by atoms with Crippen molar-refractivity contribution >= 4 is 27.3 Å². The van der Waals surface area contributed by atoms with Gasteiger partial charge in [-0.3, -0.25) is 10.1 Å². The maximum Gasteiger partial charge on any atom is 0.290 e. The van der Waals surface area contributed by atoms with E-state index in [1.807, 2.05) is 0 Å². The number of nitrogens with zero attached hydrogens (tertiary/aromatic N) is 2. The molecule has 1 rings (SSSR count). The monoisotopic (exact) mass is 322 g/mol. The fourth-order valence-corrected chi connectivity index (χ4v) is 3.67. The molecule has 9 heteroatoms. The Bertz CT molecular complexity index is 603. The zero-order valence-corrected chi connectivity index (χ0v) is 12.6. The molecule has 0 aliphatic rings. The lowest BCUT2D eigenvalue weighted by Crippen LogP contribution is -2.39. The van der Waals surface area contributed by atoms with E-state index in [4.69, 9.17) is 16.7 Å². The number of nitro benzene ring substituents is 1. The summed E-state index contributed by atoms with van der Waals surface area (Å²) in [5, 5.41) is 20.0. The van der Waals surface area contributed by atoms with Gasteiger partial charge in [0.1, 0.15) is 0 Å². The summed E-state index contributed by atoms with van der Waals surface area (Å²) in [6.45, 7) is 2.72. The lowest BCUT2D eigenvalue weighted by Gasteiger charge is -2.24. The molecule has 0 aliphatic carbocycles. The van der Waals surface area contributed by atoms with E-state index in [9.17, 15) is 18.5 Å². The van der Waals surface area contributed by atoms with E-state index in [0.29, 0.717) is 0 Å². The van der Waals surface area contributed by atoms with Crippen LogP contribution in [0.1, 0.15) is 13.8 Å². The molecule has 0 atom stereocenters. The second-order valence-corrected chi connectivity index (χ2v) is 6.60. The van der Waals surface area contributed by atoms with E-state index in [0.717, 1.165) is 16.4 Å². The van der Waals surface area contributed by atoms with Gasteiger partial charge in [-0.25, -0.2) is 8.42 Å². The first kappa shape index (κ1) is 16.8. The van der Waals surface area contributed by atoms with Crippen molar-refractivity contribution in [3.05, 3.63) is 33.3 Å². The van der Waals surface area contributed by atoms with Gasteiger partial charge in [0.2, 0.25) is 10.0 Å². The van der Waals surface area contributed by atoms with Crippen LogP contribution in [0.25, 0.3) is 0 Å². The van der Waals surface area contributed by atoms with E-state index in [-0.39, 0.29) is 18.2 Å². The predicted octanol–water partition coefficient (Wildman–Crippen LogP) is 1.64. The van der Waals surface area contributed by atoms with Crippen molar-refractivity contribution in [1.29, 1.82) is 0 Å². The van der Waals surface area contributed by atoms with Crippen LogP contribution in [0, 0.1) is 10.1 Å². The number of benzene rings is 1. The SMILES string of the molecule is CC(C)N(CCO)S(=O)(=O)c1ccc(Cl)cc1[N+](=O)[O-]. The maximum absolute atomic E-state index is 12.5. The largest absolute Gasteiger partial charge is 0.395 e. The molecule has 0 heterocycles. The number of rotatable bonds is 6. The van der Waals surface area contributed by atoms with Crippen LogP contribution >= 0.6 is 11.6 Å². The number of hydrogen-bond donors (Lipinski definition) is 1. The van der Waals surface area contributed by atoms with Crippen LogP contribution in [0.5, 0.6) is 0 Å². The third-order valence-electron chi connectivity index (χ3n) is 2.60. The Morgan fingerprint density at radius 1 is 1.45 bits per heavy atom. The van der Waals surface area contributed by atoms with Crippen LogP contribution in [-0.2, 0) is 10.0 Å². The Kier molecular flexibility index (Phi) is 5.46. The summed E-state index contributed by atoms with van der Waals surface area (Å²) in [7, 11) is -4.08. The summed E-state index contributed by atoms with van der Waals surface area (Å²) >= 11 is 5.66. The highest BCUT2D eigenvalue weighted by Gasteiger charge is 2.33. The lowest BCUT2D eigenvalue weighted by molar-refractivity contribution is -0.387. The van der Waals surface area contributed by atoms with Crippen LogP contribution in [0.3, 0.4) is 0 Å². The predicted molar refractivity (Wildman–Crippen MR) is 74.2 cm³/mol. The molecule has 0 saturated heterocycles. The Hall–Kier alpha value is -1.22. The summed E-state index contributed by atoms with van der Waals surface area (Å²) in [5.74, 6) is 0. The third kappa shape index (κ3) is 3.45. The Morgan fingerprint density at radius 2 is 2.05 bits per heavy atom. The molecule has 112 valence electrons. The Balaban J connectivity index is 3.45. The average Bonchev–Trinajstić information content (AvgIpc) is 2.34. The van der Waals surface area contributed by atoms with Crippen molar-refractivity contribution in [2.75, 3.05) is 13.2 Å². The Labute approximate surface area is 122 Å². The highest BCUT2D eigenvalue weighted by atomic mass is 35.5. The van der Waals surface area contributed by atoms with Crippen LogP contribution in [0.15, 0.2) is 23.1 Å². The van der Waals surface area contributed by atoms with Crippen LogP contribution in [0.4, 0.5) is 5.69 Å². The molecule has 1 aromatic carbocycles. The van der Waals surface area contributed by atoms with Crippen molar-refractivity contribution in [3.63, 3.8) is 0 Å². The molecule has 0 radical (unpaired) electrons. The van der Waals surface area contributed by atoms with Crippen molar-refractivity contribution in [3.8, 4) is 0 Å².